The summed E-state index contributed by atoms with van der Waals surface area (Å²) < 4.78 is 1.60. The number of fused-ring (bicyclic) bond motifs is 1. The SMILES string of the molecule is CC12CC(c3ccnc(-n4cncn4)c3)=NN1CCNC2=O. The van der Waals surface area contributed by atoms with Crippen LogP contribution in [0.5, 0.6) is 0 Å². The highest BCUT2D eigenvalue weighted by atomic mass is 16.2. The minimum atomic E-state index is -0.593. The van der Waals surface area contributed by atoms with Crippen molar-refractivity contribution >= 4 is 11.6 Å². The smallest absolute Gasteiger partial charge is 0.247 e. The number of rotatable bonds is 2. The topological polar surface area (TPSA) is 88.3 Å². The summed E-state index contributed by atoms with van der Waals surface area (Å²) in [5, 5.41) is 13.5. The molecule has 0 aromatic carbocycles. The number of hydrogen-bond acceptors (Lipinski definition) is 6. The van der Waals surface area contributed by atoms with Gasteiger partial charge in [-0.2, -0.15) is 10.2 Å². The Hall–Kier alpha value is -2.77. The van der Waals surface area contributed by atoms with Crippen LogP contribution in [-0.4, -0.2) is 55.0 Å². The molecule has 1 fully saturated rings. The number of carbonyl (C=O) groups is 1. The van der Waals surface area contributed by atoms with Crippen molar-refractivity contribution in [2.45, 2.75) is 18.9 Å². The van der Waals surface area contributed by atoms with Gasteiger partial charge in [-0.05, 0) is 19.1 Å². The van der Waals surface area contributed by atoms with E-state index in [2.05, 4.69) is 25.5 Å². The number of nitrogens with one attached hydrogen (secondary N) is 1. The van der Waals surface area contributed by atoms with E-state index in [1.165, 1.54) is 6.33 Å². The van der Waals surface area contributed by atoms with Gasteiger partial charge in [-0.1, -0.05) is 0 Å². The van der Waals surface area contributed by atoms with Gasteiger partial charge in [0.25, 0.3) is 0 Å². The third kappa shape index (κ3) is 1.87. The average molecular weight is 297 g/mol. The van der Waals surface area contributed by atoms with Gasteiger partial charge in [-0.15, -0.1) is 0 Å². The lowest BCUT2D eigenvalue weighted by Crippen LogP contribution is -2.59. The lowest BCUT2D eigenvalue weighted by molar-refractivity contribution is -0.134. The summed E-state index contributed by atoms with van der Waals surface area (Å²) in [7, 11) is 0. The largest absolute Gasteiger partial charge is 0.352 e. The molecule has 2 aliphatic rings. The summed E-state index contributed by atoms with van der Waals surface area (Å²) in [6.45, 7) is 3.29. The fourth-order valence-corrected chi connectivity index (χ4v) is 2.88. The van der Waals surface area contributed by atoms with Crippen molar-refractivity contribution in [2.24, 2.45) is 5.10 Å². The first-order valence-electron chi connectivity index (χ1n) is 7.12. The van der Waals surface area contributed by atoms with Crippen molar-refractivity contribution in [3.05, 3.63) is 36.5 Å². The molecule has 1 saturated heterocycles. The van der Waals surface area contributed by atoms with E-state index in [0.29, 0.717) is 18.8 Å². The predicted octanol–water partition coefficient (Wildman–Crippen LogP) is -0.0394. The highest BCUT2D eigenvalue weighted by Crippen LogP contribution is 2.31. The molecule has 112 valence electrons. The van der Waals surface area contributed by atoms with Crippen LogP contribution in [0.4, 0.5) is 0 Å². The fraction of sp³-hybridized carbons (Fsp3) is 0.357. The highest BCUT2D eigenvalue weighted by Gasteiger charge is 2.47. The molecule has 1 atom stereocenters. The van der Waals surface area contributed by atoms with Crippen LogP contribution in [0, 0.1) is 0 Å². The van der Waals surface area contributed by atoms with E-state index in [4.69, 9.17) is 0 Å². The lowest BCUT2D eigenvalue weighted by Gasteiger charge is -2.37. The Morgan fingerprint density at radius 3 is 3.09 bits per heavy atom. The monoisotopic (exact) mass is 297 g/mol. The van der Waals surface area contributed by atoms with Crippen LogP contribution in [0.3, 0.4) is 0 Å². The van der Waals surface area contributed by atoms with Gasteiger partial charge < -0.3 is 5.32 Å². The number of aromatic nitrogens is 4. The molecule has 1 N–H and O–H groups in total. The molecule has 1 amide bonds. The van der Waals surface area contributed by atoms with Gasteiger partial charge in [0.05, 0.1) is 12.3 Å². The van der Waals surface area contributed by atoms with Crippen LogP contribution in [0.25, 0.3) is 5.82 Å². The molecule has 2 aromatic rings. The summed E-state index contributed by atoms with van der Waals surface area (Å²) in [5.41, 5.74) is 1.25. The van der Waals surface area contributed by atoms with Crippen molar-refractivity contribution in [1.29, 1.82) is 0 Å². The molecular weight excluding hydrogens is 282 g/mol. The Labute approximate surface area is 126 Å². The maximum atomic E-state index is 12.2. The molecule has 0 saturated carbocycles. The fourth-order valence-electron chi connectivity index (χ4n) is 2.88. The second-order valence-corrected chi connectivity index (χ2v) is 5.62. The van der Waals surface area contributed by atoms with Crippen molar-refractivity contribution in [2.75, 3.05) is 13.1 Å². The van der Waals surface area contributed by atoms with E-state index in [1.807, 2.05) is 24.1 Å². The second kappa shape index (κ2) is 4.62. The van der Waals surface area contributed by atoms with Gasteiger partial charge in [0.1, 0.15) is 18.2 Å². The number of piperazine rings is 1. The zero-order valence-electron chi connectivity index (χ0n) is 12.1. The van der Waals surface area contributed by atoms with E-state index in [1.54, 1.807) is 17.2 Å². The Kier molecular flexibility index (Phi) is 2.72. The molecule has 1 unspecified atom stereocenters. The molecule has 8 nitrogen and oxygen atoms in total. The number of carbonyl (C=O) groups excluding carboxylic acids is 1. The van der Waals surface area contributed by atoms with E-state index < -0.39 is 5.54 Å². The molecule has 4 rings (SSSR count). The van der Waals surface area contributed by atoms with Gasteiger partial charge >= 0.3 is 0 Å². The van der Waals surface area contributed by atoms with E-state index in [-0.39, 0.29) is 5.91 Å². The molecule has 8 heteroatoms. The Morgan fingerprint density at radius 1 is 1.41 bits per heavy atom. The third-order valence-corrected chi connectivity index (χ3v) is 4.15. The maximum Gasteiger partial charge on any atom is 0.247 e. The third-order valence-electron chi connectivity index (χ3n) is 4.15. The molecule has 0 bridgehead atoms. The molecule has 0 spiro atoms. The summed E-state index contributed by atoms with van der Waals surface area (Å²) >= 11 is 0. The molecule has 2 aromatic heterocycles. The van der Waals surface area contributed by atoms with Gasteiger partial charge in [0, 0.05) is 24.7 Å². The normalized spacial score (nSPS) is 24.0. The van der Waals surface area contributed by atoms with Crippen molar-refractivity contribution in [1.82, 2.24) is 30.1 Å². The average Bonchev–Trinajstić information content (AvgIpc) is 3.16. The summed E-state index contributed by atoms with van der Waals surface area (Å²) in [4.78, 5) is 20.4. The number of hydrogen-bond donors (Lipinski definition) is 1. The van der Waals surface area contributed by atoms with Crippen LogP contribution in [0.2, 0.25) is 0 Å². The maximum absolute atomic E-state index is 12.2. The predicted molar refractivity (Wildman–Crippen MR) is 78.4 cm³/mol. The van der Waals surface area contributed by atoms with Crippen LogP contribution in [0.15, 0.2) is 36.1 Å². The highest BCUT2D eigenvalue weighted by molar-refractivity contribution is 6.06. The Bertz CT molecular complexity index is 754. The first-order valence-corrected chi connectivity index (χ1v) is 7.12. The van der Waals surface area contributed by atoms with Gasteiger partial charge in [-0.25, -0.2) is 14.6 Å². The van der Waals surface area contributed by atoms with Crippen LogP contribution >= 0.6 is 0 Å². The second-order valence-electron chi connectivity index (χ2n) is 5.62. The van der Waals surface area contributed by atoms with Crippen molar-refractivity contribution in [3.63, 3.8) is 0 Å². The van der Waals surface area contributed by atoms with E-state index in [9.17, 15) is 4.79 Å². The molecule has 2 aliphatic heterocycles. The standard InChI is InChI=1S/C14H15N7O/c1-14-7-11(19-21(14)5-4-17-13(14)22)10-2-3-16-12(6-10)20-9-15-8-18-20/h2-3,6,8-9H,4-5,7H2,1H3,(H,17,22). The number of amides is 1. The summed E-state index contributed by atoms with van der Waals surface area (Å²) in [5.74, 6) is 0.709. The van der Waals surface area contributed by atoms with Crippen LogP contribution in [0.1, 0.15) is 18.9 Å². The zero-order valence-corrected chi connectivity index (χ0v) is 12.1. The first-order chi connectivity index (χ1) is 10.7. The van der Waals surface area contributed by atoms with Crippen molar-refractivity contribution < 1.29 is 4.79 Å². The van der Waals surface area contributed by atoms with E-state index >= 15 is 0 Å². The molecular formula is C14H15N7O. The molecule has 22 heavy (non-hydrogen) atoms. The minimum absolute atomic E-state index is 0.0306. The number of pyridine rings is 1. The quantitative estimate of drug-likeness (QED) is 0.840. The summed E-state index contributed by atoms with van der Waals surface area (Å²) in [6.07, 6.45) is 5.36. The van der Waals surface area contributed by atoms with Crippen LogP contribution < -0.4 is 5.32 Å². The molecule has 4 heterocycles. The Balaban J connectivity index is 1.69. The molecule has 0 radical (unpaired) electrons. The van der Waals surface area contributed by atoms with Crippen molar-refractivity contribution in [3.8, 4) is 5.82 Å². The van der Waals surface area contributed by atoms with Gasteiger partial charge in [0.15, 0.2) is 5.82 Å². The van der Waals surface area contributed by atoms with E-state index in [0.717, 1.165) is 17.8 Å². The number of nitrogens with zero attached hydrogens (tertiary/aromatic N) is 6. The Morgan fingerprint density at radius 2 is 2.32 bits per heavy atom. The van der Waals surface area contributed by atoms with Crippen LogP contribution in [-0.2, 0) is 4.79 Å². The minimum Gasteiger partial charge on any atom is -0.352 e. The number of hydrazone groups is 1. The van der Waals surface area contributed by atoms with Gasteiger partial charge in [0.2, 0.25) is 5.91 Å². The first kappa shape index (κ1) is 12.9. The summed E-state index contributed by atoms with van der Waals surface area (Å²) in [6, 6.07) is 3.81. The zero-order chi connectivity index (χ0) is 15.2. The lowest BCUT2D eigenvalue weighted by atomic mass is 9.91. The van der Waals surface area contributed by atoms with Gasteiger partial charge in [-0.3, -0.25) is 9.80 Å². The molecule has 0 aliphatic carbocycles.